The predicted octanol–water partition coefficient (Wildman–Crippen LogP) is 4.21. The third-order valence-corrected chi connectivity index (χ3v) is 7.12. The third kappa shape index (κ3) is 4.70. The van der Waals surface area contributed by atoms with Crippen LogP contribution in [0.4, 0.5) is 5.69 Å². The van der Waals surface area contributed by atoms with Crippen molar-refractivity contribution >= 4 is 27.3 Å². The Bertz CT molecular complexity index is 1250. The summed E-state index contributed by atoms with van der Waals surface area (Å²) < 4.78 is 42.1. The van der Waals surface area contributed by atoms with E-state index in [1.807, 2.05) is 12.1 Å². The van der Waals surface area contributed by atoms with E-state index in [0.29, 0.717) is 29.4 Å². The van der Waals surface area contributed by atoms with Gasteiger partial charge in [-0.2, -0.15) is 0 Å². The SMILES string of the molecule is CC(C)(C)c1ccc(S(=O)(=O)Nc2ccc(Cl)cc2C2(c3cc[n+](O)cc3)OCCO2)cc1. The molecule has 174 valence electrons. The highest BCUT2D eigenvalue weighted by Crippen LogP contribution is 2.43. The van der Waals surface area contributed by atoms with Crippen LogP contribution in [0.25, 0.3) is 0 Å². The van der Waals surface area contributed by atoms with E-state index in [1.54, 1.807) is 42.5 Å². The topological polar surface area (TPSA) is 88.7 Å². The smallest absolute Gasteiger partial charge is 0.261 e. The number of benzene rings is 2. The second-order valence-electron chi connectivity index (χ2n) is 8.85. The number of halogens is 1. The van der Waals surface area contributed by atoms with E-state index < -0.39 is 15.8 Å². The molecule has 33 heavy (non-hydrogen) atoms. The minimum absolute atomic E-state index is 0.0923. The Hall–Kier alpha value is -2.65. The van der Waals surface area contributed by atoms with Gasteiger partial charge in [-0.1, -0.05) is 44.5 Å². The molecule has 0 saturated carbocycles. The number of pyridine rings is 1. The molecule has 1 fully saturated rings. The highest BCUT2D eigenvalue weighted by atomic mass is 35.5. The van der Waals surface area contributed by atoms with E-state index in [-0.39, 0.29) is 16.0 Å². The van der Waals surface area contributed by atoms with Crippen molar-refractivity contribution in [2.24, 2.45) is 0 Å². The van der Waals surface area contributed by atoms with E-state index in [0.717, 1.165) is 10.3 Å². The van der Waals surface area contributed by atoms with Crippen LogP contribution in [-0.2, 0) is 30.7 Å². The average molecular weight is 490 g/mol. The number of nitrogens with zero attached hydrogens (tertiary/aromatic N) is 1. The number of hydrogen-bond donors (Lipinski definition) is 2. The zero-order valence-electron chi connectivity index (χ0n) is 18.6. The van der Waals surface area contributed by atoms with Crippen molar-refractivity contribution in [3.05, 3.63) is 88.7 Å². The third-order valence-electron chi connectivity index (χ3n) is 5.50. The summed E-state index contributed by atoms with van der Waals surface area (Å²) in [5, 5.41) is 10.0. The molecule has 0 unspecified atom stereocenters. The van der Waals surface area contributed by atoms with Gasteiger partial charge < -0.3 is 9.47 Å². The first-order valence-electron chi connectivity index (χ1n) is 10.4. The van der Waals surface area contributed by atoms with Gasteiger partial charge in [-0.05, 0) is 41.3 Å². The maximum atomic E-state index is 13.2. The molecule has 1 aliphatic heterocycles. The van der Waals surface area contributed by atoms with Crippen LogP contribution in [0.5, 0.6) is 0 Å². The van der Waals surface area contributed by atoms with E-state index in [9.17, 15) is 13.6 Å². The van der Waals surface area contributed by atoms with Gasteiger partial charge in [0.1, 0.15) is 0 Å². The fraction of sp³-hybridized carbons (Fsp3) is 0.292. The van der Waals surface area contributed by atoms with Gasteiger partial charge in [0.05, 0.1) is 23.8 Å². The number of aromatic nitrogens is 1. The van der Waals surface area contributed by atoms with Gasteiger partial charge in [-0.3, -0.25) is 9.93 Å². The maximum Gasteiger partial charge on any atom is 0.261 e. The first-order chi connectivity index (χ1) is 15.5. The second kappa shape index (κ2) is 8.61. The number of hydrogen-bond acceptors (Lipinski definition) is 5. The fourth-order valence-corrected chi connectivity index (χ4v) is 5.00. The second-order valence-corrected chi connectivity index (χ2v) is 11.0. The molecular weight excluding hydrogens is 464 g/mol. The van der Waals surface area contributed by atoms with E-state index in [2.05, 4.69) is 25.5 Å². The van der Waals surface area contributed by atoms with Crippen molar-refractivity contribution < 1.29 is 27.8 Å². The Morgan fingerprint density at radius 1 is 1.00 bits per heavy atom. The van der Waals surface area contributed by atoms with Gasteiger partial charge >= 0.3 is 0 Å². The van der Waals surface area contributed by atoms with Crippen LogP contribution >= 0.6 is 11.6 Å². The maximum absolute atomic E-state index is 13.2. The van der Waals surface area contributed by atoms with Crippen molar-refractivity contribution in [2.45, 2.75) is 36.9 Å². The van der Waals surface area contributed by atoms with Gasteiger partial charge in [-0.15, -0.1) is 0 Å². The van der Waals surface area contributed by atoms with Crippen molar-refractivity contribution in [3.8, 4) is 0 Å². The van der Waals surface area contributed by atoms with Crippen molar-refractivity contribution in [1.82, 2.24) is 0 Å². The summed E-state index contributed by atoms with van der Waals surface area (Å²) in [6.07, 6.45) is 2.88. The molecule has 7 nitrogen and oxygen atoms in total. The number of nitrogens with one attached hydrogen (secondary N) is 1. The van der Waals surface area contributed by atoms with Crippen LogP contribution in [0.3, 0.4) is 0 Å². The summed E-state index contributed by atoms with van der Waals surface area (Å²) in [6.45, 7) is 6.81. The molecule has 0 bridgehead atoms. The van der Waals surface area contributed by atoms with Crippen LogP contribution in [0.15, 0.2) is 71.9 Å². The molecule has 0 amide bonds. The summed E-state index contributed by atoms with van der Waals surface area (Å²) in [5.74, 6) is -1.38. The van der Waals surface area contributed by atoms with Crippen molar-refractivity contribution in [1.29, 1.82) is 0 Å². The molecule has 0 aliphatic carbocycles. The van der Waals surface area contributed by atoms with Crippen LogP contribution < -0.4 is 9.45 Å². The molecule has 1 saturated heterocycles. The Morgan fingerprint density at radius 3 is 2.18 bits per heavy atom. The van der Waals surface area contributed by atoms with E-state index in [4.69, 9.17) is 21.1 Å². The Balaban J connectivity index is 1.76. The lowest BCUT2D eigenvalue weighted by Crippen LogP contribution is -2.34. The largest absolute Gasteiger partial charge is 0.340 e. The first kappa shape index (κ1) is 23.5. The number of anilines is 1. The molecule has 1 aliphatic rings. The summed E-state index contributed by atoms with van der Waals surface area (Å²) in [7, 11) is -3.90. The van der Waals surface area contributed by atoms with Crippen LogP contribution in [0.1, 0.15) is 37.5 Å². The summed E-state index contributed by atoms with van der Waals surface area (Å²) in [6, 6.07) is 14.9. The summed E-state index contributed by atoms with van der Waals surface area (Å²) in [4.78, 5) is 0.139. The molecule has 1 aromatic heterocycles. The van der Waals surface area contributed by atoms with Crippen molar-refractivity contribution in [3.63, 3.8) is 0 Å². The highest BCUT2D eigenvalue weighted by Gasteiger charge is 2.43. The van der Waals surface area contributed by atoms with Gasteiger partial charge in [-0.25, -0.2) is 8.42 Å². The van der Waals surface area contributed by atoms with Crippen LogP contribution in [0, 0.1) is 0 Å². The quantitative estimate of drug-likeness (QED) is 0.414. The fourth-order valence-electron chi connectivity index (χ4n) is 3.74. The molecule has 0 atom stereocenters. The van der Waals surface area contributed by atoms with Gasteiger partial charge in [0.15, 0.2) is 0 Å². The molecule has 2 heterocycles. The zero-order valence-corrected chi connectivity index (χ0v) is 20.2. The lowest BCUT2D eigenvalue weighted by molar-refractivity contribution is -0.904. The van der Waals surface area contributed by atoms with Gasteiger partial charge in [0.25, 0.3) is 10.0 Å². The standard InChI is InChI=1S/C24H26ClN2O5S/c1-23(2,3)17-4-7-20(8-5-17)33(29,30)26-22-9-6-19(25)16-21(22)24(31-14-15-32-24)18-10-12-27(28)13-11-18/h4-13,16,26,28H,14-15H2,1-3H3/q+1. The molecule has 0 spiro atoms. The number of ether oxygens (including phenoxy) is 2. The molecule has 9 heteroatoms. The lowest BCUT2D eigenvalue weighted by Gasteiger charge is -2.30. The van der Waals surface area contributed by atoms with Crippen molar-refractivity contribution in [2.75, 3.05) is 17.9 Å². The van der Waals surface area contributed by atoms with Crippen LogP contribution in [0.2, 0.25) is 5.02 Å². The van der Waals surface area contributed by atoms with E-state index >= 15 is 0 Å². The average Bonchev–Trinajstić information content (AvgIpc) is 3.26. The predicted molar refractivity (Wildman–Crippen MR) is 124 cm³/mol. The molecular formula is C24H26ClN2O5S+. The summed E-state index contributed by atoms with van der Waals surface area (Å²) >= 11 is 6.29. The minimum Gasteiger partial charge on any atom is -0.340 e. The molecule has 2 aromatic carbocycles. The Labute approximate surface area is 198 Å². The molecule has 4 rings (SSSR count). The van der Waals surface area contributed by atoms with Crippen LogP contribution in [-0.4, -0.2) is 26.8 Å². The minimum atomic E-state index is -3.90. The zero-order chi connectivity index (χ0) is 23.9. The normalized spacial score (nSPS) is 16.0. The lowest BCUT2D eigenvalue weighted by atomic mass is 9.87. The van der Waals surface area contributed by atoms with E-state index in [1.165, 1.54) is 12.4 Å². The Morgan fingerprint density at radius 2 is 1.61 bits per heavy atom. The Kier molecular flexibility index (Phi) is 6.13. The van der Waals surface area contributed by atoms with Gasteiger partial charge in [0.2, 0.25) is 18.2 Å². The van der Waals surface area contributed by atoms with Gasteiger partial charge in [0, 0.05) is 33.0 Å². The highest BCUT2D eigenvalue weighted by molar-refractivity contribution is 7.92. The number of rotatable bonds is 5. The monoisotopic (exact) mass is 489 g/mol. The summed E-state index contributed by atoms with van der Waals surface area (Å²) in [5.41, 5.74) is 2.22. The molecule has 0 radical (unpaired) electrons. The molecule has 2 N–H and O–H groups in total. The first-order valence-corrected chi connectivity index (χ1v) is 12.3. The molecule has 3 aromatic rings. The number of sulfonamides is 1.